The summed E-state index contributed by atoms with van der Waals surface area (Å²) in [5.74, 6) is -1.35. The first kappa shape index (κ1) is 11.9. The van der Waals surface area contributed by atoms with Crippen LogP contribution in [0.4, 0.5) is 0 Å². The Hall–Kier alpha value is -0.200. The van der Waals surface area contributed by atoms with Crippen molar-refractivity contribution >= 4 is 28.4 Å². The van der Waals surface area contributed by atoms with Crippen LogP contribution in [0.5, 0.6) is 0 Å². The summed E-state index contributed by atoms with van der Waals surface area (Å²) in [4.78, 5) is 11.9. The SMILES string of the molecule is COC1(OC)C(=O)C(I)=CC(C)=C1C. The number of carbonyl (C=O) groups is 1. The van der Waals surface area contributed by atoms with Gasteiger partial charge in [-0.3, -0.25) is 4.79 Å². The van der Waals surface area contributed by atoms with Gasteiger partial charge in [0, 0.05) is 14.2 Å². The molecule has 0 aromatic heterocycles. The molecule has 78 valence electrons. The maximum absolute atomic E-state index is 11.9. The van der Waals surface area contributed by atoms with Crippen molar-refractivity contribution in [2.24, 2.45) is 0 Å². The van der Waals surface area contributed by atoms with E-state index in [1.54, 1.807) is 0 Å². The molecule has 0 heterocycles. The Kier molecular flexibility index (Phi) is 3.49. The van der Waals surface area contributed by atoms with Crippen molar-refractivity contribution < 1.29 is 14.3 Å². The summed E-state index contributed by atoms with van der Waals surface area (Å²) in [6, 6.07) is 0. The van der Waals surface area contributed by atoms with Gasteiger partial charge in [-0.15, -0.1) is 0 Å². The second-order valence-electron chi connectivity index (χ2n) is 3.15. The summed E-state index contributed by atoms with van der Waals surface area (Å²) in [6.07, 6.45) is 1.84. The molecule has 1 rings (SSSR count). The highest BCUT2D eigenvalue weighted by Crippen LogP contribution is 2.35. The molecule has 0 spiro atoms. The molecular weight excluding hydrogens is 295 g/mol. The van der Waals surface area contributed by atoms with Crippen molar-refractivity contribution in [1.29, 1.82) is 0 Å². The minimum absolute atomic E-state index is 0.133. The van der Waals surface area contributed by atoms with Gasteiger partial charge in [0.2, 0.25) is 5.78 Å². The molecule has 0 saturated heterocycles. The van der Waals surface area contributed by atoms with Crippen LogP contribution in [-0.4, -0.2) is 25.8 Å². The quantitative estimate of drug-likeness (QED) is 0.579. The first-order chi connectivity index (χ1) is 6.49. The first-order valence-electron chi connectivity index (χ1n) is 4.20. The van der Waals surface area contributed by atoms with Gasteiger partial charge in [-0.1, -0.05) is 0 Å². The zero-order chi connectivity index (χ0) is 10.9. The minimum atomic E-state index is -1.21. The number of hydrogen-bond donors (Lipinski definition) is 0. The van der Waals surface area contributed by atoms with E-state index in [1.807, 2.05) is 42.5 Å². The molecule has 0 N–H and O–H groups in total. The second kappa shape index (κ2) is 4.12. The smallest absolute Gasteiger partial charge is 0.257 e. The zero-order valence-electron chi connectivity index (χ0n) is 8.68. The number of hydrogen-bond acceptors (Lipinski definition) is 3. The van der Waals surface area contributed by atoms with Gasteiger partial charge in [-0.05, 0) is 53.7 Å². The molecule has 0 fully saturated rings. The number of ether oxygens (including phenoxy) is 2. The first-order valence-corrected chi connectivity index (χ1v) is 5.27. The van der Waals surface area contributed by atoms with Crippen molar-refractivity contribution in [3.63, 3.8) is 0 Å². The van der Waals surface area contributed by atoms with Crippen LogP contribution in [-0.2, 0) is 14.3 Å². The van der Waals surface area contributed by atoms with E-state index >= 15 is 0 Å². The van der Waals surface area contributed by atoms with Gasteiger partial charge in [0.15, 0.2) is 0 Å². The van der Waals surface area contributed by atoms with Gasteiger partial charge in [0.1, 0.15) is 0 Å². The van der Waals surface area contributed by atoms with E-state index in [-0.39, 0.29) is 5.78 Å². The van der Waals surface area contributed by atoms with Crippen LogP contribution in [0.2, 0.25) is 0 Å². The lowest BCUT2D eigenvalue weighted by Gasteiger charge is -2.33. The number of halogens is 1. The maximum atomic E-state index is 11.9. The van der Waals surface area contributed by atoms with E-state index in [2.05, 4.69) is 0 Å². The van der Waals surface area contributed by atoms with Crippen LogP contribution in [0.25, 0.3) is 0 Å². The fourth-order valence-corrected chi connectivity index (χ4v) is 2.35. The predicted molar refractivity (Wildman–Crippen MR) is 62.2 cm³/mol. The molecule has 4 heteroatoms. The van der Waals surface area contributed by atoms with E-state index < -0.39 is 5.79 Å². The minimum Gasteiger partial charge on any atom is -0.343 e. The normalized spacial score (nSPS) is 21.2. The van der Waals surface area contributed by atoms with Gasteiger partial charge < -0.3 is 9.47 Å². The van der Waals surface area contributed by atoms with Crippen LogP contribution < -0.4 is 0 Å². The largest absolute Gasteiger partial charge is 0.343 e. The predicted octanol–water partition coefficient (Wildman–Crippen LogP) is 2.21. The van der Waals surface area contributed by atoms with Gasteiger partial charge in [-0.25, -0.2) is 0 Å². The van der Waals surface area contributed by atoms with E-state index in [0.717, 1.165) is 11.1 Å². The van der Waals surface area contributed by atoms with Crippen molar-refractivity contribution in [3.05, 3.63) is 20.8 Å². The van der Waals surface area contributed by atoms with Crippen LogP contribution >= 0.6 is 22.6 Å². The average Bonchev–Trinajstić information content (AvgIpc) is 2.18. The maximum Gasteiger partial charge on any atom is 0.257 e. The van der Waals surface area contributed by atoms with E-state index in [1.165, 1.54) is 14.2 Å². The molecule has 0 saturated carbocycles. The van der Waals surface area contributed by atoms with Crippen LogP contribution in [0.3, 0.4) is 0 Å². The molecule has 0 amide bonds. The topological polar surface area (TPSA) is 35.5 Å². The van der Waals surface area contributed by atoms with Crippen molar-refractivity contribution in [1.82, 2.24) is 0 Å². The lowest BCUT2D eigenvalue weighted by atomic mass is 9.92. The fourth-order valence-electron chi connectivity index (χ4n) is 1.53. The van der Waals surface area contributed by atoms with E-state index in [4.69, 9.17) is 9.47 Å². The Morgan fingerprint density at radius 1 is 1.29 bits per heavy atom. The van der Waals surface area contributed by atoms with Crippen LogP contribution in [0.1, 0.15) is 13.8 Å². The Morgan fingerprint density at radius 2 is 1.79 bits per heavy atom. The van der Waals surface area contributed by atoms with Gasteiger partial charge >= 0.3 is 0 Å². The molecule has 0 aliphatic heterocycles. The third-order valence-corrected chi connectivity index (χ3v) is 3.32. The average molecular weight is 308 g/mol. The van der Waals surface area contributed by atoms with E-state index in [0.29, 0.717) is 3.58 Å². The third-order valence-electron chi connectivity index (χ3n) is 2.52. The van der Waals surface area contributed by atoms with Gasteiger partial charge in [0.25, 0.3) is 5.79 Å². The molecule has 0 unspecified atom stereocenters. The zero-order valence-corrected chi connectivity index (χ0v) is 10.8. The van der Waals surface area contributed by atoms with E-state index in [9.17, 15) is 4.79 Å². The molecule has 0 atom stereocenters. The Bertz CT molecular complexity index is 324. The summed E-state index contributed by atoms with van der Waals surface area (Å²) in [6.45, 7) is 3.78. The third kappa shape index (κ3) is 1.55. The van der Waals surface area contributed by atoms with Gasteiger partial charge in [-0.2, -0.15) is 0 Å². The van der Waals surface area contributed by atoms with Gasteiger partial charge in [0.05, 0.1) is 3.58 Å². The molecule has 3 nitrogen and oxygen atoms in total. The Balaban J connectivity index is 3.32. The molecule has 0 bridgehead atoms. The highest BCUT2D eigenvalue weighted by Gasteiger charge is 2.44. The second-order valence-corrected chi connectivity index (χ2v) is 4.32. The molecule has 0 radical (unpaired) electrons. The van der Waals surface area contributed by atoms with Crippen LogP contribution in [0, 0.1) is 0 Å². The molecule has 0 aromatic carbocycles. The summed E-state index contributed by atoms with van der Waals surface area (Å²) < 4.78 is 11.1. The highest BCUT2D eigenvalue weighted by atomic mass is 127. The summed E-state index contributed by atoms with van der Waals surface area (Å²) in [5, 5.41) is 0. The lowest BCUT2D eigenvalue weighted by Crippen LogP contribution is -2.46. The number of allylic oxidation sites excluding steroid dienone is 2. The van der Waals surface area contributed by atoms with Crippen molar-refractivity contribution in [2.45, 2.75) is 19.6 Å². The number of ketones is 1. The lowest BCUT2D eigenvalue weighted by molar-refractivity contribution is -0.186. The molecule has 1 aliphatic rings. The Morgan fingerprint density at radius 3 is 2.21 bits per heavy atom. The van der Waals surface area contributed by atoms with Crippen molar-refractivity contribution in [3.8, 4) is 0 Å². The molecule has 1 aliphatic carbocycles. The Labute approximate surface area is 97.3 Å². The number of rotatable bonds is 2. The number of Topliss-reactive ketones (excluding diaryl/α,β-unsaturated/α-hetero) is 1. The molecule has 14 heavy (non-hydrogen) atoms. The monoisotopic (exact) mass is 308 g/mol. The summed E-state index contributed by atoms with van der Waals surface area (Å²) in [7, 11) is 2.96. The van der Waals surface area contributed by atoms with Crippen molar-refractivity contribution in [2.75, 3.05) is 14.2 Å². The standard InChI is InChI=1S/C10H13IO3/c1-6-5-8(11)9(12)10(13-3,14-4)7(6)2/h5H,1-4H3. The number of methoxy groups -OCH3 is 2. The van der Waals surface area contributed by atoms with Crippen LogP contribution in [0.15, 0.2) is 20.8 Å². The highest BCUT2D eigenvalue weighted by molar-refractivity contribution is 14.1. The summed E-state index contributed by atoms with van der Waals surface area (Å²) in [5.41, 5.74) is 1.82. The fraction of sp³-hybridized carbons (Fsp3) is 0.500. The molecule has 0 aromatic rings. The number of carbonyl (C=O) groups excluding carboxylic acids is 1. The molecular formula is C10H13IO3. The summed E-state index contributed by atoms with van der Waals surface area (Å²) >= 11 is 2.00.